The molecule has 1 saturated heterocycles. The molecule has 120 valence electrons. The molecule has 3 atom stereocenters. The van der Waals surface area contributed by atoms with E-state index in [1.807, 2.05) is 13.8 Å². The van der Waals surface area contributed by atoms with Gasteiger partial charge in [-0.1, -0.05) is 34.6 Å². The van der Waals surface area contributed by atoms with Crippen LogP contribution in [0.3, 0.4) is 0 Å². The molecule has 0 aromatic rings. The first-order valence-corrected chi connectivity index (χ1v) is 7.81. The van der Waals surface area contributed by atoms with E-state index in [1.165, 1.54) is 0 Å². The number of epoxide rings is 1. The van der Waals surface area contributed by atoms with Crippen LogP contribution in [-0.2, 0) is 14.3 Å². The predicted molar refractivity (Wildman–Crippen MR) is 81.4 cm³/mol. The van der Waals surface area contributed by atoms with Gasteiger partial charge in [-0.25, -0.2) is 0 Å². The third kappa shape index (κ3) is 5.00. The molecule has 1 rings (SSSR count). The molecule has 0 aromatic carbocycles. The maximum absolute atomic E-state index is 12.0. The topological polar surface area (TPSA) is 62.6 Å². The summed E-state index contributed by atoms with van der Waals surface area (Å²) in [6, 6.07) is 2.48. The first kappa shape index (κ1) is 18.0. The van der Waals surface area contributed by atoms with Gasteiger partial charge in [0.25, 0.3) is 0 Å². The molecule has 0 spiro atoms. The molecule has 0 aromatic heterocycles. The SMILES string of the molecule is CC(C)CC(C)(C#N)C(C)(C)CC(C)C(=O)OCC1CO1. The number of carbonyl (C=O) groups is 1. The summed E-state index contributed by atoms with van der Waals surface area (Å²) in [5.41, 5.74) is -0.699. The predicted octanol–water partition coefficient (Wildman–Crippen LogP) is 3.56. The van der Waals surface area contributed by atoms with E-state index in [4.69, 9.17) is 9.47 Å². The lowest BCUT2D eigenvalue weighted by molar-refractivity contribution is -0.150. The third-order valence-corrected chi connectivity index (χ3v) is 4.59. The molecule has 21 heavy (non-hydrogen) atoms. The number of carbonyl (C=O) groups excluding carboxylic acids is 1. The van der Waals surface area contributed by atoms with Crippen molar-refractivity contribution in [3.05, 3.63) is 0 Å². The lowest BCUT2D eigenvalue weighted by Gasteiger charge is -2.41. The van der Waals surface area contributed by atoms with Gasteiger partial charge in [-0.05, 0) is 31.1 Å². The molecule has 0 radical (unpaired) electrons. The number of hydrogen-bond acceptors (Lipinski definition) is 4. The molecule has 4 nitrogen and oxygen atoms in total. The second kappa shape index (κ2) is 6.79. The second-order valence-corrected chi connectivity index (χ2v) is 7.62. The molecule has 3 unspecified atom stereocenters. The summed E-state index contributed by atoms with van der Waals surface area (Å²) >= 11 is 0. The van der Waals surface area contributed by atoms with Gasteiger partial charge in [0.15, 0.2) is 0 Å². The number of rotatable bonds is 8. The first-order chi connectivity index (χ1) is 9.61. The van der Waals surface area contributed by atoms with E-state index in [-0.39, 0.29) is 23.4 Å². The molecule has 4 heteroatoms. The van der Waals surface area contributed by atoms with Gasteiger partial charge in [0.05, 0.1) is 24.0 Å². The maximum atomic E-state index is 12.0. The standard InChI is InChI=1S/C17H29NO3/c1-12(2)7-17(6,11-18)16(4,5)8-13(3)15(19)21-10-14-9-20-14/h12-14H,7-10H2,1-6H3. The number of nitriles is 1. The summed E-state index contributed by atoms with van der Waals surface area (Å²) in [6.45, 7) is 13.3. The first-order valence-electron chi connectivity index (χ1n) is 7.81. The van der Waals surface area contributed by atoms with Crippen molar-refractivity contribution in [2.24, 2.45) is 22.7 Å². The average Bonchev–Trinajstić information content (AvgIpc) is 3.18. The van der Waals surface area contributed by atoms with Crippen molar-refractivity contribution in [3.63, 3.8) is 0 Å². The number of esters is 1. The highest BCUT2D eigenvalue weighted by molar-refractivity contribution is 5.72. The van der Waals surface area contributed by atoms with Gasteiger partial charge in [-0.3, -0.25) is 4.79 Å². The van der Waals surface area contributed by atoms with Crippen LogP contribution < -0.4 is 0 Å². The molecule has 0 saturated carbocycles. The van der Waals surface area contributed by atoms with E-state index < -0.39 is 5.41 Å². The Bertz CT molecular complexity index is 407. The fourth-order valence-electron chi connectivity index (χ4n) is 2.85. The van der Waals surface area contributed by atoms with Gasteiger partial charge in [0.1, 0.15) is 12.7 Å². The lowest BCUT2D eigenvalue weighted by Crippen LogP contribution is -2.38. The van der Waals surface area contributed by atoms with Crippen LogP contribution in [0.1, 0.15) is 54.4 Å². The molecule has 1 heterocycles. The van der Waals surface area contributed by atoms with Crippen LogP contribution in [0.2, 0.25) is 0 Å². The van der Waals surface area contributed by atoms with E-state index in [1.54, 1.807) is 0 Å². The van der Waals surface area contributed by atoms with Crippen molar-refractivity contribution in [1.29, 1.82) is 5.26 Å². The number of ether oxygens (including phenoxy) is 2. The second-order valence-electron chi connectivity index (χ2n) is 7.62. The molecule has 0 amide bonds. The van der Waals surface area contributed by atoms with Crippen LogP contribution in [0.4, 0.5) is 0 Å². The van der Waals surface area contributed by atoms with Crippen LogP contribution in [0.5, 0.6) is 0 Å². The normalized spacial score (nSPS) is 22.3. The van der Waals surface area contributed by atoms with E-state index in [0.717, 1.165) is 6.42 Å². The quantitative estimate of drug-likeness (QED) is 0.507. The Morgan fingerprint density at radius 2 is 1.90 bits per heavy atom. The Morgan fingerprint density at radius 1 is 1.33 bits per heavy atom. The molecular weight excluding hydrogens is 266 g/mol. The fraction of sp³-hybridized carbons (Fsp3) is 0.882. The minimum absolute atomic E-state index is 0.0967. The van der Waals surface area contributed by atoms with Gasteiger partial charge in [0, 0.05) is 0 Å². The minimum Gasteiger partial charge on any atom is -0.463 e. The maximum Gasteiger partial charge on any atom is 0.308 e. The van der Waals surface area contributed by atoms with Gasteiger partial charge >= 0.3 is 5.97 Å². The average molecular weight is 295 g/mol. The minimum atomic E-state index is -0.449. The Balaban J connectivity index is 2.63. The van der Waals surface area contributed by atoms with Crippen molar-refractivity contribution in [2.45, 2.75) is 60.5 Å². The van der Waals surface area contributed by atoms with Gasteiger partial charge in [0.2, 0.25) is 0 Å². The fourth-order valence-corrected chi connectivity index (χ4v) is 2.85. The zero-order valence-electron chi connectivity index (χ0n) is 14.2. The van der Waals surface area contributed by atoms with Crippen molar-refractivity contribution < 1.29 is 14.3 Å². The van der Waals surface area contributed by atoms with Crippen molar-refractivity contribution in [3.8, 4) is 6.07 Å². The molecular formula is C17H29NO3. The van der Waals surface area contributed by atoms with Gasteiger partial charge in [-0.2, -0.15) is 5.26 Å². The van der Waals surface area contributed by atoms with Crippen molar-refractivity contribution in [2.75, 3.05) is 13.2 Å². The smallest absolute Gasteiger partial charge is 0.308 e. The Kier molecular flexibility index (Phi) is 5.81. The van der Waals surface area contributed by atoms with Crippen LogP contribution in [0, 0.1) is 34.0 Å². The van der Waals surface area contributed by atoms with Crippen LogP contribution in [-0.4, -0.2) is 25.3 Å². The summed E-state index contributed by atoms with van der Waals surface area (Å²) in [5, 5.41) is 9.62. The Hall–Kier alpha value is -1.08. The largest absolute Gasteiger partial charge is 0.463 e. The highest BCUT2D eigenvalue weighted by Crippen LogP contribution is 2.47. The van der Waals surface area contributed by atoms with Crippen LogP contribution >= 0.6 is 0 Å². The summed E-state index contributed by atoms with van der Waals surface area (Å²) in [6.07, 6.45) is 1.57. The van der Waals surface area contributed by atoms with Crippen molar-refractivity contribution in [1.82, 2.24) is 0 Å². The molecule has 1 aliphatic rings. The monoisotopic (exact) mass is 295 g/mol. The molecule has 0 bridgehead atoms. The highest BCUT2D eigenvalue weighted by atomic mass is 16.6. The van der Waals surface area contributed by atoms with E-state index in [9.17, 15) is 10.1 Å². The number of nitrogens with zero attached hydrogens (tertiary/aromatic N) is 1. The van der Waals surface area contributed by atoms with E-state index in [2.05, 4.69) is 33.8 Å². The highest BCUT2D eigenvalue weighted by Gasteiger charge is 2.43. The summed E-state index contributed by atoms with van der Waals surface area (Å²) < 4.78 is 10.3. The zero-order chi connectivity index (χ0) is 16.3. The molecule has 1 aliphatic heterocycles. The Morgan fingerprint density at radius 3 is 2.33 bits per heavy atom. The summed E-state index contributed by atoms with van der Waals surface area (Å²) in [7, 11) is 0. The molecule has 0 aliphatic carbocycles. The van der Waals surface area contributed by atoms with Crippen molar-refractivity contribution >= 4 is 5.97 Å². The molecule has 0 N–H and O–H groups in total. The molecule has 1 fully saturated rings. The lowest BCUT2D eigenvalue weighted by atomic mass is 9.61. The number of hydrogen-bond donors (Lipinski definition) is 0. The van der Waals surface area contributed by atoms with E-state index >= 15 is 0 Å². The summed E-state index contributed by atoms with van der Waals surface area (Å²) in [5.74, 6) is 0.0465. The van der Waals surface area contributed by atoms with Gasteiger partial charge in [-0.15, -0.1) is 0 Å². The third-order valence-electron chi connectivity index (χ3n) is 4.59. The Labute approximate surface area is 128 Å². The zero-order valence-corrected chi connectivity index (χ0v) is 14.2. The van der Waals surface area contributed by atoms with E-state index in [0.29, 0.717) is 25.6 Å². The van der Waals surface area contributed by atoms with Crippen LogP contribution in [0.15, 0.2) is 0 Å². The van der Waals surface area contributed by atoms with Gasteiger partial charge < -0.3 is 9.47 Å². The summed E-state index contributed by atoms with van der Waals surface area (Å²) in [4.78, 5) is 12.0. The van der Waals surface area contributed by atoms with Crippen LogP contribution in [0.25, 0.3) is 0 Å².